The third kappa shape index (κ3) is 6.65. The first-order valence-electron chi connectivity index (χ1n) is 12.2. The van der Waals surface area contributed by atoms with Gasteiger partial charge in [0.1, 0.15) is 11.6 Å². The number of thioether (sulfide) groups is 1. The maximum Gasteiger partial charge on any atom is 0.257 e. The Kier molecular flexibility index (Phi) is 8.28. The van der Waals surface area contributed by atoms with Gasteiger partial charge < -0.3 is 20.9 Å². The summed E-state index contributed by atoms with van der Waals surface area (Å²) >= 11 is 1.47. The van der Waals surface area contributed by atoms with Gasteiger partial charge in [-0.2, -0.15) is 0 Å². The van der Waals surface area contributed by atoms with E-state index in [1.54, 1.807) is 18.5 Å². The Morgan fingerprint density at radius 1 is 1.11 bits per heavy atom. The molecule has 4 rings (SSSR count). The highest BCUT2D eigenvalue weighted by Gasteiger charge is 2.17. The molecule has 3 N–H and O–H groups in total. The summed E-state index contributed by atoms with van der Waals surface area (Å²) in [6, 6.07) is 11.7. The number of allylic oxidation sites excluding steroid dienone is 1. The lowest BCUT2D eigenvalue weighted by molar-refractivity contribution is 0.102. The van der Waals surface area contributed by atoms with Crippen molar-refractivity contribution >= 4 is 45.0 Å². The summed E-state index contributed by atoms with van der Waals surface area (Å²) in [7, 11) is 2.12. The second kappa shape index (κ2) is 11.6. The average molecular weight is 503 g/mol. The van der Waals surface area contributed by atoms with Crippen molar-refractivity contribution in [3.8, 4) is 0 Å². The quantitative estimate of drug-likeness (QED) is 0.439. The Morgan fingerprint density at radius 3 is 2.61 bits per heavy atom. The van der Waals surface area contributed by atoms with E-state index in [1.165, 1.54) is 11.8 Å². The highest BCUT2D eigenvalue weighted by molar-refractivity contribution is 8.11. The van der Waals surface area contributed by atoms with Gasteiger partial charge in [0.2, 0.25) is 0 Å². The van der Waals surface area contributed by atoms with Gasteiger partial charge in [-0.15, -0.1) is 0 Å². The van der Waals surface area contributed by atoms with Crippen molar-refractivity contribution in [3.63, 3.8) is 0 Å². The highest BCUT2D eigenvalue weighted by Crippen LogP contribution is 2.33. The molecule has 1 fully saturated rings. The van der Waals surface area contributed by atoms with Crippen molar-refractivity contribution in [2.24, 2.45) is 11.7 Å². The average Bonchev–Trinajstić information content (AvgIpc) is 2.86. The molecule has 0 atom stereocenters. The van der Waals surface area contributed by atoms with Gasteiger partial charge in [-0.1, -0.05) is 50.4 Å². The topological polar surface area (TPSA) is 87.4 Å². The van der Waals surface area contributed by atoms with Crippen LogP contribution < -0.4 is 16.0 Å². The molecule has 8 heteroatoms. The summed E-state index contributed by atoms with van der Waals surface area (Å²) in [5, 5.41) is 5.49. The third-order valence-corrected chi connectivity index (χ3v) is 6.98. The first-order valence-corrected chi connectivity index (χ1v) is 13.0. The van der Waals surface area contributed by atoms with Crippen LogP contribution in [-0.4, -0.2) is 54.0 Å². The molecule has 0 spiro atoms. The number of rotatable bonds is 8. The predicted octanol–water partition coefficient (Wildman–Crippen LogP) is 5.18. The summed E-state index contributed by atoms with van der Waals surface area (Å²) in [5.74, 6) is 1.67. The number of hydrogen-bond acceptors (Lipinski definition) is 7. The summed E-state index contributed by atoms with van der Waals surface area (Å²) in [5.41, 5.74) is 7.53. The molecule has 0 saturated carbocycles. The molecule has 0 radical (unpaired) electrons. The fraction of sp³-hybridized carbons (Fsp3) is 0.321. The van der Waals surface area contributed by atoms with Gasteiger partial charge >= 0.3 is 0 Å². The van der Waals surface area contributed by atoms with E-state index in [-0.39, 0.29) is 5.91 Å². The number of amides is 1. The van der Waals surface area contributed by atoms with Crippen molar-refractivity contribution in [1.82, 2.24) is 14.9 Å². The van der Waals surface area contributed by atoms with Crippen molar-refractivity contribution in [3.05, 3.63) is 77.6 Å². The maximum absolute atomic E-state index is 13.0. The van der Waals surface area contributed by atoms with Gasteiger partial charge in [0.05, 0.1) is 5.03 Å². The normalized spacial score (nSPS) is 14.9. The number of piperazine rings is 1. The van der Waals surface area contributed by atoms with Gasteiger partial charge in [0, 0.05) is 54.4 Å². The van der Waals surface area contributed by atoms with Gasteiger partial charge in [-0.3, -0.25) is 4.79 Å². The Balaban J connectivity index is 1.54. The van der Waals surface area contributed by atoms with Crippen molar-refractivity contribution in [1.29, 1.82) is 0 Å². The lowest BCUT2D eigenvalue weighted by Gasteiger charge is -2.33. The molecule has 1 amide bonds. The summed E-state index contributed by atoms with van der Waals surface area (Å²) in [6.07, 6.45) is 6.63. The van der Waals surface area contributed by atoms with E-state index in [2.05, 4.69) is 70.8 Å². The number of pyridine rings is 2. The van der Waals surface area contributed by atoms with Crippen LogP contribution >= 0.6 is 11.8 Å². The van der Waals surface area contributed by atoms with Crippen LogP contribution in [0.3, 0.4) is 0 Å². The summed E-state index contributed by atoms with van der Waals surface area (Å²) < 4.78 is 0. The van der Waals surface area contributed by atoms with E-state index in [4.69, 9.17) is 5.73 Å². The Labute approximate surface area is 217 Å². The van der Waals surface area contributed by atoms with Crippen LogP contribution in [0.25, 0.3) is 15.7 Å². The Morgan fingerprint density at radius 2 is 1.89 bits per heavy atom. The lowest BCUT2D eigenvalue weighted by atomic mass is 10.1. The molecule has 0 unspecified atom stereocenters. The zero-order valence-corrected chi connectivity index (χ0v) is 22.0. The van der Waals surface area contributed by atoms with E-state index in [1.807, 2.05) is 18.2 Å². The fourth-order valence-corrected chi connectivity index (χ4v) is 4.73. The van der Waals surface area contributed by atoms with Gasteiger partial charge in [0.15, 0.2) is 0 Å². The van der Waals surface area contributed by atoms with Gasteiger partial charge in [-0.05, 0) is 54.6 Å². The number of nitrogens with two attached hydrogens (primary N) is 1. The minimum atomic E-state index is -0.205. The van der Waals surface area contributed by atoms with Crippen LogP contribution in [0.2, 0.25) is 0 Å². The molecule has 188 valence electrons. The number of carbonyl (C=O) groups excluding carboxylic acids is 1. The Bertz CT molecular complexity index is 1280. The number of likely N-dealkylation sites (N-methyl/N-ethyl adjacent to an activating group) is 1. The number of hydrogen-bond donors (Lipinski definition) is 2. The molecule has 0 aliphatic carbocycles. The number of fused-ring (bicyclic) bond motifs is 1. The van der Waals surface area contributed by atoms with E-state index in [0.29, 0.717) is 22.3 Å². The van der Waals surface area contributed by atoms with Gasteiger partial charge in [-0.25, -0.2) is 9.97 Å². The zero-order chi connectivity index (χ0) is 25.7. The van der Waals surface area contributed by atoms with Gasteiger partial charge in [0.25, 0.3) is 5.91 Å². The minimum Gasteiger partial charge on any atom is -0.394 e. The van der Waals surface area contributed by atoms with E-state index < -0.39 is 0 Å². The molecule has 1 aliphatic rings. The second-order valence-electron chi connectivity index (χ2n) is 9.54. The lowest BCUT2D eigenvalue weighted by Crippen LogP contribution is -2.44. The third-order valence-electron chi connectivity index (χ3n) is 6.10. The van der Waals surface area contributed by atoms with Crippen molar-refractivity contribution in [2.45, 2.75) is 20.3 Å². The molecular weight excluding hydrogens is 468 g/mol. The molecule has 1 aliphatic heterocycles. The molecular formula is C28H34N6OS. The number of anilines is 2. The molecule has 1 saturated heterocycles. The molecule has 7 nitrogen and oxygen atoms in total. The van der Waals surface area contributed by atoms with E-state index in [9.17, 15) is 4.79 Å². The minimum absolute atomic E-state index is 0.205. The second-order valence-corrected chi connectivity index (χ2v) is 10.7. The zero-order valence-electron chi connectivity index (χ0n) is 21.2. The Hall–Kier alpha value is -3.36. The van der Waals surface area contributed by atoms with Crippen LogP contribution in [0.1, 0.15) is 36.2 Å². The largest absolute Gasteiger partial charge is 0.394 e. The molecule has 3 heterocycles. The molecule has 0 bridgehead atoms. The van der Waals surface area contributed by atoms with Crippen LogP contribution in [0, 0.1) is 5.92 Å². The number of aromatic nitrogens is 2. The van der Waals surface area contributed by atoms with Crippen LogP contribution in [0.5, 0.6) is 0 Å². The number of benzene rings is 1. The molecule has 36 heavy (non-hydrogen) atoms. The highest BCUT2D eigenvalue weighted by atomic mass is 32.2. The molecule has 1 aromatic carbocycles. The maximum atomic E-state index is 13.0. The number of nitrogens with one attached hydrogen (secondary N) is 1. The summed E-state index contributed by atoms with van der Waals surface area (Å²) in [4.78, 5) is 27.6. The smallest absolute Gasteiger partial charge is 0.257 e. The number of carbonyl (C=O) groups is 1. The van der Waals surface area contributed by atoms with E-state index in [0.717, 1.165) is 59.7 Å². The first kappa shape index (κ1) is 25.7. The van der Waals surface area contributed by atoms with Crippen LogP contribution in [0.15, 0.2) is 66.5 Å². The number of nitrogens with zero attached hydrogens (tertiary/aromatic N) is 4. The molecule has 2 aromatic heterocycles. The fourth-order valence-electron chi connectivity index (χ4n) is 4.02. The SMILES string of the molecule is C=C(N)S/C(=C/CC(C)C)c1ccc2cnc(NC(=O)c3ccnc(N4CCN(C)CC4)c3)cc2c1. The van der Waals surface area contributed by atoms with Crippen molar-refractivity contribution in [2.75, 3.05) is 43.4 Å². The monoisotopic (exact) mass is 502 g/mol. The molecule has 3 aromatic rings. The van der Waals surface area contributed by atoms with Crippen LogP contribution in [0.4, 0.5) is 11.6 Å². The standard InChI is InChI=1S/C28H34N6OS/c1-19(2)5-8-25(36-20(3)29)21-6-7-23-18-31-26(16-24(23)15-21)32-28(35)22-9-10-30-27(17-22)34-13-11-33(4)12-14-34/h6-10,15-19H,3,5,11-14,29H2,1-2,4H3,(H,31,32,35)/b25-8+. The van der Waals surface area contributed by atoms with E-state index >= 15 is 0 Å². The van der Waals surface area contributed by atoms with Crippen LogP contribution in [-0.2, 0) is 0 Å². The summed E-state index contributed by atoms with van der Waals surface area (Å²) in [6.45, 7) is 12.0. The first-order chi connectivity index (χ1) is 17.3. The van der Waals surface area contributed by atoms with Crippen molar-refractivity contribution < 1.29 is 4.79 Å². The predicted molar refractivity (Wildman–Crippen MR) is 152 cm³/mol.